The van der Waals surface area contributed by atoms with Gasteiger partial charge < -0.3 is 9.84 Å². The number of aryl methyl sites for hydroxylation is 1. The maximum Gasteiger partial charge on any atom is 0.328 e. The third-order valence-electron chi connectivity index (χ3n) is 2.75. The molecule has 0 aliphatic rings. The predicted octanol–water partition coefficient (Wildman–Crippen LogP) is 4.16. The molecule has 0 radical (unpaired) electrons. The average Bonchev–Trinajstić information content (AvgIpc) is 2.44. The summed E-state index contributed by atoms with van der Waals surface area (Å²) in [5.74, 6) is -2.91. The molecule has 0 aliphatic heterocycles. The number of carbonyl (C=O) groups is 1. The number of aliphatic carboxylic acids is 1. The molecular weight excluding hydrogens is 278 g/mol. The van der Waals surface area contributed by atoms with Crippen LogP contribution in [0, 0.1) is 18.6 Å². The van der Waals surface area contributed by atoms with Gasteiger partial charge in [-0.15, -0.1) is 0 Å². The van der Waals surface area contributed by atoms with Gasteiger partial charge >= 0.3 is 5.97 Å². The highest BCUT2D eigenvalue weighted by Crippen LogP contribution is 2.29. The number of hydrogen-bond acceptors (Lipinski definition) is 2. The van der Waals surface area contributed by atoms with E-state index < -0.39 is 17.6 Å². The summed E-state index contributed by atoms with van der Waals surface area (Å²) < 4.78 is 32.0. The standard InChI is InChI=1S/C16H12F2O3/c1-10-9-11(6-8-15(19)20)5-7-13(10)21-14-4-2-3-12(17)16(14)18/h2-9H,1H3,(H,19,20). The van der Waals surface area contributed by atoms with Crippen LogP contribution in [0.2, 0.25) is 0 Å². The molecule has 21 heavy (non-hydrogen) atoms. The first kappa shape index (κ1) is 14.7. The molecule has 0 aliphatic carbocycles. The summed E-state index contributed by atoms with van der Waals surface area (Å²) in [4.78, 5) is 10.4. The Bertz CT molecular complexity index is 709. The Morgan fingerprint density at radius 3 is 2.62 bits per heavy atom. The third-order valence-corrected chi connectivity index (χ3v) is 2.75. The van der Waals surface area contributed by atoms with Gasteiger partial charge in [0.25, 0.3) is 0 Å². The first-order chi connectivity index (χ1) is 9.97. The summed E-state index contributed by atoms with van der Waals surface area (Å²) in [6.07, 6.45) is 2.45. The van der Waals surface area contributed by atoms with Gasteiger partial charge in [-0.25, -0.2) is 9.18 Å². The molecule has 0 spiro atoms. The van der Waals surface area contributed by atoms with Crippen LogP contribution in [0.25, 0.3) is 6.08 Å². The lowest BCUT2D eigenvalue weighted by molar-refractivity contribution is -0.131. The summed E-state index contributed by atoms with van der Waals surface area (Å²) in [6, 6.07) is 8.57. The molecule has 0 unspecified atom stereocenters. The lowest BCUT2D eigenvalue weighted by Crippen LogP contribution is -1.93. The van der Waals surface area contributed by atoms with Gasteiger partial charge in [-0.3, -0.25) is 0 Å². The van der Waals surface area contributed by atoms with Crippen LogP contribution in [-0.4, -0.2) is 11.1 Å². The first-order valence-corrected chi connectivity index (χ1v) is 6.11. The maximum absolute atomic E-state index is 13.5. The van der Waals surface area contributed by atoms with E-state index in [4.69, 9.17) is 9.84 Å². The van der Waals surface area contributed by atoms with Crippen LogP contribution in [0.15, 0.2) is 42.5 Å². The van der Waals surface area contributed by atoms with E-state index in [9.17, 15) is 13.6 Å². The van der Waals surface area contributed by atoms with Crippen LogP contribution in [0.5, 0.6) is 11.5 Å². The summed E-state index contributed by atoms with van der Waals surface area (Å²) in [5.41, 5.74) is 1.34. The van der Waals surface area contributed by atoms with Crippen molar-refractivity contribution in [3.05, 3.63) is 65.2 Å². The Balaban J connectivity index is 2.25. The first-order valence-electron chi connectivity index (χ1n) is 6.11. The van der Waals surface area contributed by atoms with E-state index in [2.05, 4.69) is 0 Å². The van der Waals surface area contributed by atoms with E-state index in [0.29, 0.717) is 16.9 Å². The minimum atomic E-state index is -1.05. The molecule has 0 heterocycles. The number of rotatable bonds is 4. The molecule has 0 fully saturated rings. The van der Waals surface area contributed by atoms with Crippen molar-refractivity contribution < 1.29 is 23.4 Å². The number of carboxylic acid groups (broad SMARTS) is 1. The van der Waals surface area contributed by atoms with Crippen LogP contribution in [0.3, 0.4) is 0 Å². The second kappa shape index (κ2) is 6.17. The molecule has 2 aromatic rings. The van der Waals surface area contributed by atoms with E-state index in [1.165, 1.54) is 18.2 Å². The SMILES string of the molecule is Cc1cc(C=CC(=O)O)ccc1Oc1cccc(F)c1F. The fraction of sp³-hybridized carbons (Fsp3) is 0.0625. The Hall–Kier alpha value is -2.69. The quantitative estimate of drug-likeness (QED) is 0.860. The molecule has 0 amide bonds. The van der Waals surface area contributed by atoms with Gasteiger partial charge in [0.1, 0.15) is 5.75 Å². The van der Waals surface area contributed by atoms with Gasteiger partial charge in [0.15, 0.2) is 11.6 Å². The molecule has 5 heteroatoms. The highest BCUT2D eigenvalue weighted by Gasteiger charge is 2.10. The summed E-state index contributed by atoms with van der Waals surface area (Å²) in [5, 5.41) is 8.56. The van der Waals surface area contributed by atoms with Crippen LogP contribution >= 0.6 is 0 Å². The van der Waals surface area contributed by atoms with Gasteiger partial charge in [-0.2, -0.15) is 4.39 Å². The fourth-order valence-corrected chi connectivity index (χ4v) is 1.74. The van der Waals surface area contributed by atoms with Gasteiger partial charge in [-0.05, 0) is 48.4 Å². The van der Waals surface area contributed by atoms with E-state index in [0.717, 1.165) is 12.1 Å². The molecule has 2 aromatic carbocycles. The molecule has 0 atom stereocenters. The maximum atomic E-state index is 13.5. The smallest absolute Gasteiger partial charge is 0.328 e. The summed E-state index contributed by atoms with van der Waals surface area (Å²) >= 11 is 0. The predicted molar refractivity (Wildman–Crippen MR) is 74.3 cm³/mol. The zero-order chi connectivity index (χ0) is 15.4. The van der Waals surface area contributed by atoms with Crippen molar-refractivity contribution in [3.63, 3.8) is 0 Å². The molecular formula is C16H12F2O3. The van der Waals surface area contributed by atoms with Gasteiger partial charge in [0.05, 0.1) is 0 Å². The van der Waals surface area contributed by atoms with Crippen molar-refractivity contribution in [2.75, 3.05) is 0 Å². The number of ether oxygens (including phenoxy) is 1. The van der Waals surface area contributed by atoms with Crippen LogP contribution in [0.1, 0.15) is 11.1 Å². The normalized spacial score (nSPS) is 10.8. The zero-order valence-electron chi connectivity index (χ0n) is 11.1. The van der Waals surface area contributed by atoms with E-state index in [-0.39, 0.29) is 5.75 Å². The van der Waals surface area contributed by atoms with Crippen molar-refractivity contribution in [2.45, 2.75) is 6.92 Å². The number of halogens is 2. The minimum absolute atomic E-state index is 0.202. The number of carboxylic acids is 1. The lowest BCUT2D eigenvalue weighted by Gasteiger charge is -2.10. The van der Waals surface area contributed by atoms with Crippen molar-refractivity contribution >= 4 is 12.0 Å². The second-order valence-corrected chi connectivity index (χ2v) is 4.35. The second-order valence-electron chi connectivity index (χ2n) is 4.35. The molecule has 0 aromatic heterocycles. The Labute approximate surface area is 120 Å². The average molecular weight is 290 g/mol. The summed E-state index contributed by atoms with van der Waals surface area (Å²) in [6.45, 7) is 1.73. The molecule has 0 bridgehead atoms. The highest BCUT2D eigenvalue weighted by atomic mass is 19.2. The fourth-order valence-electron chi connectivity index (χ4n) is 1.74. The number of benzene rings is 2. The Morgan fingerprint density at radius 1 is 1.19 bits per heavy atom. The van der Waals surface area contributed by atoms with Crippen LogP contribution in [0.4, 0.5) is 8.78 Å². The highest BCUT2D eigenvalue weighted by molar-refractivity contribution is 5.85. The topological polar surface area (TPSA) is 46.5 Å². The molecule has 0 saturated heterocycles. The molecule has 108 valence electrons. The van der Waals surface area contributed by atoms with Crippen LogP contribution in [-0.2, 0) is 4.79 Å². The molecule has 3 nitrogen and oxygen atoms in total. The lowest BCUT2D eigenvalue weighted by atomic mass is 10.1. The molecule has 2 rings (SSSR count). The van der Waals surface area contributed by atoms with E-state index in [1.54, 1.807) is 25.1 Å². The Morgan fingerprint density at radius 2 is 1.95 bits per heavy atom. The zero-order valence-corrected chi connectivity index (χ0v) is 11.1. The minimum Gasteiger partial charge on any atom is -0.478 e. The van der Waals surface area contributed by atoms with Gasteiger partial charge in [-0.1, -0.05) is 12.1 Å². The Kier molecular flexibility index (Phi) is 4.33. The monoisotopic (exact) mass is 290 g/mol. The van der Waals surface area contributed by atoms with Gasteiger partial charge in [0.2, 0.25) is 5.82 Å². The van der Waals surface area contributed by atoms with E-state index >= 15 is 0 Å². The van der Waals surface area contributed by atoms with Crippen molar-refractivity contribution in [2.24, 2.45) is 0 Å². The molecule has 0 saturated carbocycles. The summed E-state index contributed by atoms with van der Waals surface area (Å²) in [7, 11) is 0. The molecule has 1 N–H and O–H groups in total. The van der Waals surface area contributed by atoms with Crippen molar-refractivity contribution in [3.8, 4) is 11.5 Å². The van der Waals surface area contributed by atoms with Crippen LogP contribution < -0.4 is 4.74 Å². The number of hydrogen-bond donors (Lipinski definition) is 1. The van der Waals surface area contributed by atoms with Crippen molar-refractivity contribution in [1.29, 1.82) is 0 Å². The largest absolute Gasteiger partial charge is 0.478 e. The third kappa shape index (κ3) is 3.66. The van der Waals surface area contributed by atoms with Crippen molar-refractivity contribution in [1.82, 2.24) is 0 Å². The van der Waals surface area contributed by atoms with E-state index in [1.807, 2.05) is 0 Å². The van der Waals surface area contributed by atoms with Gasteiger partial charge in [0, 0.05) is 6.08 Å².